The van der Waals surface area contributed by atoms with Crippen LogP contribution >= 0.6 is 12.6 Å². The highest BCUT2D eigenvalue weighted by molar-refractivity contribution is 7.80. The molecule has 0 aromatic rings. The van der Waals surface area contributed by atoms with Gasteiger partial charge in [-0.25, -0.2) is 0 Å². The van der Waals surface area contributed by atoms with Crippen molar-refractivity contribution in [2.45, 2.75) is 270 Å². The van der Waals surface area contributed by atoms with E-state index in [1.807, 2.05) is 0 Å². The van der Waals surface area contributed by atoms with Crippen LogP contribution < -0.4 is 16.4 Å². The molecule has 0 saturated heterocycles. The number of nitrogens with one attached hydrogen (secondary N) is 2. The van der Waals surface area contributed by atoms with Crippen molar-refractivity contribution >= 4 is 54.2 Å². The molecule has 14 nitrogen and oxygen atoms in total. The quantitative estimate of drug-likeness (QED) is 0.0221. The Labute approximate surface area is 411 Å². The van der Waals surface area contributed by atoms with Gasteiger partial charge in [-0.05, 0) is 32.6 Å². The molecule has 15 heteroatoms. The zero-order valence-corrected chi connectivity index (χ0v) is 43.5. The van der Waals surface area contributed by atoms with Crippen LogP contribution in [0.5, 0.6) is 0 Å². The normalized spacial score (nSPS) is 13.0. The average Bonchev–Trinajstić information content (AvgIpc) is 3.30. The van der Waals surface area contributed by atoms with Crippen LogP contribution in [0.1, 0.15) is 246 Å². The molecule has 4 amide bonds. The number of carbonyl (C=O) groups is 7. The number of carboxylic acids is 1. The molecule has 0 saturated carbocycles. The van der Waals surface area contributed by atoms with E-state index in [0.29, 0.717) is 19.3 Å². The maximum Gasteiger partial charge on any atom is 0.306 e. The summed E-state index contributed by atoms with van der Waals surface area (Å²) in [5.74, 6) is -5.15. The molecule has 0 heterocycles. The highest BCUT2D eigenvalue weighted by atomic mass is 32.1. The fourth-order valence-corrected chi connectivity index (χ4v) is 8.28. The number of aliphatic carboxylic acids is 1. The van der Waals surface area contributed by atoms with Crippen molar-refractivity contribution < 1.29 is 48.1 Å². The van der Waals surface area contributed by atoms with Gasteiger partial charge in [0, 0.05) is 31.4 Å². The second-order valence-electron chi connectivity index (χ2n) is 18.6. The lowest BCUT2D eigenvalue weighted by molar-refractivity contribution is -0.163. The van der Waals surface area contributed by atoms with Crippen LogP contribution in [0.15, 0.2) is 0 Å². The number of hydrogen-bond donors (Lipinski definition) is 5. The van der Waals surface area contributed by atoms with E-state index in [4.69, 9.17) is 15.2 Å². The van der Waals surface area contributed by atoms with Crippen molar-refractivity contribution in [3.05, 3.63) is 0 Å². The number of rotatable bonds is 47. The molecule has 67 heavy (non-hydrogen) atoms. The van der Waals surface area contributed by atoms with Crippen LogP contribution in [0.25, 0.3) is 0 Å². The highest BCUT2D eigenvalue weighted by Crippen LogP contribution is 2.17. The zero-order chi connectivity index (χ0) is 49.9. The molecular formula is C52H96N4O10S. The van der Waals surface area contributed by atoms with Crippen LogP contribution in [0, 0.1) is 0 Å². The number of carboxylic acid groups (broad SMARTS) is 1. The number of primary amides is 1. The molecule has 0 spiro atoms. The number of unbranched alkanes of at least 4 members (excludes halogenated alkanes) is 26. The van der Waals surface area contributed by atoms with Gasteiger partial charge in [-0.15, -0.1) is 0 Å². The largest absolute Gasteiger partial charge is 0.481 e. The summed E-state index contributed by atoms with van der Waals surface area (Å²) in [6, 6.07) is -3.85. The summed E-state index contributed by atoms with van der Waals surface area (Å²) in [4.78, 5) is 92.4. The fraction of sp³-hybridized carbons (Fsp3) is 0.865. The third kappa shape index (κ3) is 36.3. The number of amides is 4. The topological polar surface area (TPSA) is 212 Å². The molecular weight excluding hydrogens is 873 g/mol. The van der Waals surface area contributed by atoms with Crippen molar-refractivity contribution in [3.8, 4) is 0 Å². The lowest BCUT2D eigenvalue weighted by Crippen LogP contribution is -2.59. The number of esters is 2. The van der Waals surface area contributed by atoms with Gasteiger partial charge in [-0.3, -0.25) is 33.6 Å². The molecule has 0 aliphatic carbocycles. The van der Waals surface area contributed by atoms with Gasteiger partial charge in [-0.1, -0.05) is 188 Å². The fourth-order valence-electron chi connectivity index (χ4n) is 8.03. The van der Waals surface area contributed by atoms with E-state index < -0.39 is 72.8 Å². The zero-order valence-electron chi connectivity index (χ0n) is 42.6. The number of nitrogens with zero attached hydrogens (tertiary/aromatic N) is 1. The van der Waals surface area contributed by atoms with Crippen molar-refractivity contribution in [2.75, 3.05) is 18.9 Å². The maximum atomic E-state index is 14.4. The van der Waals surface area contributed by atoms with Gasteiger partial charge in [-0.2, -0.15) is 12.6 Å². The molecule has 0 rings (SSSR count). The molecule has 5 N–H and O–H groups in total. The molecule has 390 valence electrons. The Balaban J connectivity index is 6.04. The third-order valence-corrected chi connectivity index (χ3v) is 12.7. The third-order valence-electron chi connectivity index (χ3n) is 12.4. The second kappa shape index (κ2) is 43.9. The van der Waals surface area contributed by atoms with Crippen molar-refractivity contribution in [1.82, 2.24) is 15.5 Å². The average molecular weight is 969 g/mol. The van der Waals surface area contributed by atoms with Crippen LogP contribution in [-0.2, 0) is 43.0 Å². The molecule has 0 fully saturated rings. The Hall–Kier alpha value is -3.36. The number of ether oxygens (including phenoxy) is 2. The van der Waals surface area contributed by atoms with Gasteiger partial charge in [0.15, 0.2) is 6.10 Å². The smallest absolute Gasteiger partial charge is 0.306 e. The molecule has 0 aromatic carbocycles. The summed E-state index contributed by atoms with van der Waals surface area (Å²) in [5.41, 5.74) is 5.52. The van der Waals surface area contributed by atoms with Crippen molar-refractivity contribution in [3.63, 3.8) is 0 Å². The van der Waals surface area contributed by atoms with Crippen LogP contribution in [-0.4, -0.2) is 94.7 Å². The minimum atomic E-state index is -1.35. The standard InChI is InChI=1S/C52H96N4O10S/c1-5-8-11-14-17-20-21-24-25-28-31-34-46(57)54-45(41-67)52(64)56(42(4)51(63)55-44(50(53)62)37-38-47(58)59)39-43(66-49(61)36-33-30-27-23-19-16-13-10-7-3)40-65-48(60)35-32-29-26-22-18-15-12-9-6-2/h42-45,67H,5-41H2,1-4H3,(H2,53,62)(H,54,57)(H,55,63)(H,58,59)/t42-,43+,44+,45?/m0/s1. The predicted octanol–water partition coefficient (Wildman–Crippen LogP) is 10.5. The number of hydrogen-bond acceptors (Lipinski definition) is 10. The summed E-state index contributed by atoms with van der Waals surface area (Å²) >= 11 is 4.39. The van der Waals surface area contributed by atoms with E-state index in [0.717, 1.165) is 69.1 Å². The SMILES string of the molecule is CCCCCCCCCCCCCC(=O)NC(CS)C(=O)N(C[C@H](COC(=O)CCCCCCCCCCC)OC(=O)CCCCCCCCCCC)[C@@H](C)C(=O)N[C@H](CCC(=O)O)C(N)=O. The molecule has 1 unspecified atom stereocenters. The second-order valence-corrected chi connectivity index (χ2v) is 19.0. The predicted molar refractivity (Wildman–Crippen MR) is 271 cm³/mol. The lowest BCUT2D eigenvalue weighted by Gasteiger charge is -2.34. The Kier molecular flexibility index (Phi) is 41.7. The van der Waals surface area contributed by atoms with Crippen LogP contribution in [0.2, 0.25) is 0 Å². The minimum Gasteiger partial charge on any atom is -0.481 e. The lowest BCUT2D eigenvalue weighted by atomic mass is 10.1. The van der Waals surface area contributed by atoms with E-state index >= 15 is 0 Å². The van der Waals surface area contributed by atoms with Gasteiger partial charge in [0.05, 0.1) is 6.54 Å². The van der Waals surface area contributed by atoms with Gasteiger partial charge in [0.2, 0.25) is 23.6 Å². The first-order valence-corrected chi connectivity index (χ1v) is 27.3. The molecule has 0 aromatic heterocycles. The summed E-state index contributed by atoms with van der Waals surface area (Å²) in [6.45, 7) is 7.23. The van der Waals surface area contributed by atoms with E-state index in [-0.39, 0.29) is 44.0 Å². The molecule has 0 aliphatic heterocycles. The van der Waals surface area contributed by atoms with Crippen molar-refractivity contribution in [1.29, 1.82) is 0 Å². The van der Waals surface area contributed by atoms with Gasteiger partial charge < -0.3 is 35.8 Å². The number of carbonyl (C=O) groups excluding carboxylic acids is 6. The molecule has 0 aliphatic rings. The number of thiol groups is 1. The first-order chi connectivity index (χ1) is 32.3. The Morgan fingerprint density at radius 3 is 1.36 bits per heavy atom. The van der Waals surface area contributed by atoms with E-state index in [1.54, 1.807) is 0 Å². The first-order valence-electron chi connectivity index (χ1n) is 26.7. The Morgan fingerprint density at radius 1 is 0.552 bits per heavy atom. The maximum absolute atomic E-state index is 14.4. The van der Waals surface area contributed by atoms with E-state index in [1.165, 1.54) is 110 Å². The number of nitrogens with two attached hydrogens (primary N) is 1. The first kappa shape index (κ1) is 63.6. The van der Waals surface area contributed by atoms with E-state index in [9.17, 15) is 38.7 Å². The van der Waals surface area contributed by atoms with Crippen molar-refractivity contribution in [2.24, 2.45) is 5.73 Å². The minimum absolute atomic E-state index is 0.112. The van der Waals surface area contributed by atoms with Gasteiger partial charge >= 0.3 is 17.9 Å². The summed E-state index contributed by atoms with van der Waals surface area (Å²) < 4.78 is 11.5. The molecule has 0 bridgehead atoms. The van der Waals surface area contributed by atoms with Crippen LogP contribution in [0.4, 0.5) is 0 Å². The van der Waals surface area contributed by atoms with Crippen LogP contribution in [0.3, 0.4) is 0 Å². The van der Waals surface area contributed by atoms with Gasteiger partial charge in [0.1, 0.15) is 24.7 Å². The highest BCUT2D eigenvalue weighted by Gasteiger charge is 2.36. The summed E-state index contributed by atoms with van der Waals surface area (Å²) in [6.07, 6.45) is 30.2. The van der Waals surface area contributed by atoms with Gasteiger partial charge in [0.25, 0.3) is 0 Å². The summed E-state index contributed by atoms with van der Waals surface area (Å²) in [5, 5.41) is 14.5. The summed E-state index contributed by atoms with van der Waals surface area (Å²) in [7, 11) is 0. The molecule has 4 atom stereocenters. The monoisotopic (exact) mass is 969 g/mol. The Morgan fingerprint density at radius 2 is 0.955 bits per heavy atom. The Bertz CT molecular complexity index is 1340. The van der Waals surface area contributed by atoms with E-state index in [2.05, 4.69) is 44.0 Å². The molecule has 0 radical (unpaired) electrons.